The molecular weight excluding hydrogens is 236 g/mol. The van der Waals surface area contributed by atoms with Gasteiger partial charge >= 0.3 is 0 Å². The zero-order valence-electron chi connectivity index (χ0n) is 11.9. The van der Waals surface area contributed by atoms with Crippen LogP contribution in [0.1, 0.15) is 38.2 Å². The number of carbonyl (C=O) groups excluding carboxylic acids is 1. The quantitative estimate of drug-likeness (QED) is 0.901. The second-order valence-corrected chi connectivity index (χ2v) is 5.31. The van der Waals surface area contributed by atoms with Crippen molar-refractivity contribution in [3.8, 4) is 0 Å². The van der Waals surface area contributed by atoms with Crippen LogP contribution in [0.3, 0.4) is 0 Å². The summed E-state index contributed by atoms with van der Waals surface area (Å²) >= 11 is 0. The monoisotopic (exact) mass is 260 g/mol. The van der Waals surface area contributed by atoms with E-state index in [2.05, 4.69) is 12.2 Å². The van der Waals surface area contributed by atoms with Crippen LogP contribution in [0.2, 0.25) is 0 Å². The van der Waals surface area contributed by atoms with Crippen LogP contribution in [0.15, 0.2) is 30.3 Å². The highest BCUT2D eigenvalue weighted by atomic mass is 16.2. The van der Waals surface area contributed by atoms with Gasteiger partial charge in [-0.1, -0.05) is 37.3 Å². The molecule has 1 saturated heterocycles. The van der Waals surface area contributed by atoms with Crippen LogP contribution in [-0.4, -0.2) is 36.5 Å². The van der Waals surface area contributed by atoms with Gasteiger partial charge in [-0.15, -0.1) is 0 Å². The normalized spacial score (nSPS) is 21.2. The number of likely N-dealkylation sites (tertiary alicyclic amines) is 1. The van der Waals surface area contributed by atoms with Crippen LogP contribution in [0.25, 0.3) is 0 Å². The van der Waals surface area contributed by atoms with E-state index in [4.69, 9.17) is 0 Å². The number of amides is 1. The molecule has 1 N–H and O–H groups in total. The number of benzene rings is 1. The van der Waals surface area contributed by atoms with Crippen LogP contribution >= 0.6 is 0 Å². The molecule has 104 valence electrons. The van der Waals surface area contributed by atoms with Crippen molar-refractivity contribution < 1.29 is 4.79 Å². The second-order valence-electron chi connectivity index (χ2n) is 5.31. The summed E-state index contributed by atoms with van der Waals surface area (Å²) in [5.74, 6) is 0.218. The molecule has 0 saturated carbocycles. The molecule has 3 nitrogen and oxygen atoms in total. The van der Waals surface area contributed by atoms with Gasteiger partial charge in [0, 0.05) is 19.1 Å². The summed E-state index contributed by atoms with van der Waals surface area (Å²) in [6.07, 6.45) is 2.28. The first-order chi connectivity index (χ1) is 9.22. The van der Waals surface area contributed by atoms with Crippen LogP contribution in [0.4, 0.5) is 0 Å². The number of likely N-dealkylation sites (N-methyl/N-ethyl adjacent to an activating group) is 1. The van der Waals surface area contributed by atoms with Crippen molar-refractivity contribution in [3.05, 3.63) is 35.9 Å². The lowest BCUT2D eigenvalue weighted by molar-refractivity contribution is -0.133. The van der Waals surface area contributed by atoms with E-state index in [0.717, 1.165) is 31.6 Å². The van der Waals surface area contributed by atoms with Crippen molar-refractivity contribution in [1.29, 1.82) is 0 Å². The Bertz CT molecular complexity index is 402. The van der Waals surface area contributed by atoms with Gasteiger partial charge in [0.25, 0.3) is 0 Å². The van der Waals surface area contributed by atoms with Crippen molar-refractivity contribution in [2.75, 3.05) is 19.6 Å². The van der Waals surface area contributed by atoms with Crippen molar-refractivity contribution in [1.82, 2.24) is 10.2 Å². The highest BCUT2D eigenvalue weighted by molar-refractivity contribution is 5.83. The zero-order valence-corrected chi connectivity index (χ0v) is 11.9. The fourth-order valence-electron chi connectivity index (χ4n) is 2.79. The maximum Gasteiger partial charge on any atom is 0.229 e. The molecular formula is C16H24N2O. The number of nitrogens with one attached hydrogen (secondary N) is 1. The molecule has 19 heavy (non-hydrogen) atoms. The molecule has 0 radical (unpaired) electrons. The largest absolute Gasteiger partial charge is 0.341 e. The Hall–Kier alpha value is -1.35. The summed E-state index contributed by atoms with van der Waals surface area (Å²) < 4.78 is 0. The molecule has 3 heteroatoms. The lowest BCUT2D eigenvalue weighted by atomic mass is 9.97. The predicted octanol–water partition coefficient (Wildman–Crippen LogP) is 2.39. The molecule has 1 aliphatic rings. The summed E-state index contributed by atoms with van der Waals surface area (Å²) in [6, 6.07) is 10.5. The molecule has 1 aromatic carbocycles. The van der Waals surface area contributed by atoms with Gasteiger partial charge in [-0.3, -0.25) is 4.79 Å². The minimum absolute atomic E-state index is 0.0402. The number of hydrogen-bond acceptors (Lipinski definition) is 2. The Morgan fingerprint density at radius 1 is 1.42 bits per heavy atom. The van der Waals surface area contributed by atoms with Gasteiger partial charge in [-0.2, -0.15) is 0 Å². The van der Waals surface area contributed by atoms with Crippen molar-refractivity contribution in [3.63, 3.8) is 0 Å². The fraction of sp³-hybridized carbons (Fsp3) is 0.562. The van der Waals surface area contributed by atoms with Gasteiger partial charge in [0.1, 0.15) is 0 Å². The molecule has 0 spiro atoms. The minimum atomic E-state index is -0.0402. The minimum Gasteiger partial charge on any atom is -0.341 e. The summed E-state index contributed by atoms with van der Waals surface area (Å²) in [5, 5.41) is 3.45. The van der Waals surface area contributed by atoms with Crippen molar-refractivity contribution in [2.24, 2.45) is 0 Å². The highest BCUT2D eigenvalue weighted by Crippen LogP contribution is 2.20. The first-order valence-electron chi connectivity index (χ1n) is 7.29. The molecule has 1 aliphatic heterocycles. The molecule has 0 aliphatic carbocycles. The first-order valence-corrected chi connectivity index (χ1v) is 7.29. The van der Waals surface area contributed by atoms with Crippen LogP contribution in [0, 0.1) is 0 Å². The molecule has 1 aromatic rings. The Labute approximate surface area is 116 Å². The maximum absolute atomic E-state index is 12.5. The van der Waals surface area contributed by atoms with Gasteiger partial charge in [0.2, 0.25) is 5.91 Å². The van der Waals surface area contributed by atoms with Crippen molar-refractivity contribution in [2.45, 2.75) is 38.6 Å². The SMILES string of the molecule is CCNC1CCCN(C(=O)C(C)c2ccccc2)C1. The van der Waals surface area contributed by atoms with E-state index in [1.54, 1.807) is 0 Å². The van der Waals surface area contributed by atoms with E-state index in [9.17, 15) is 4.79 Å². The molecule has 1 amide bonds. The first kappa shape index (κ1) is 14.1. The fourth-order valence-corrected chi connectivity index (χ4v) is 2.79. The Kier molecular flexibility index (Phi) is 4.97. The van der Waals surface area contributed by atoms with Crippen LogP contribution in [0.5, 0.6) is 0 Å². The smallest absolute Gasteiger partial charge is 0.229 e. The molecule has 2 unspecified atom stereocenters. The van der Waals surface area contributed by atoms with E-state index < -0.39 is 0 Å². The number of rotatable bonds is 4. The molecule has 0 aromatic heterocycles. The van der Waals surface area contributed by atoms with Gasteiger partial charge in [0.05, 0.1) is 5.92 Å². The van der Waals surface area contributed by atoms with Gasteiger partial charge in [-0.25, -0.2) is 0 Å². The van der Waals surface area contributed by atoms with E-state index in [0.29, 0.717) is 6.04 Å². The topological polar surface area (TPSA) is 32.3 Å². The number of hydrogen-bond donors (Lipinski definition) is 1. The van der Waals surface area contributed by atoms with E-state index in [1.165, 1.54) is 6.42 Å². The van der Waals surface area contributed by atoms with E-state index >= 15 is 0 Å². The summed E-state index contributed by atoms with van der Waals surface area (Å²) in [5.41, 5.74) is 1.11. The lowest BCUT2D eigenvalue weighted by Crippen LogP contribution is -2.49. The Morgan fingerprint density at radius 3 is 2.84 bits per heavy atom. The van der Waals surface area contributed by atoms with Gasteiger partial charge in [-0.05, 0) is 31.9 Å². The lowest BCUT2D eigenvalue weighted by Gasteiger charge is -2.34. The van der Waals surface area contributed by atoms with Crippen LogP contribution in [-0.2, 0) is 4.79 Å². The third-order valence-electron chi connectivity index (χ3n) is 3.90. The zero-order chi connectivity index (χ0) is 13.7. The highest BCUT2D eigenvalue weighted by Gasteiger charge is 2.26. The summed E-state index contributed by atoms with van der Waals surface area (Å²) in [6.45, 7) is 6.85. The van der Waals surface area contributed by atoms with E-state index in [-0.39, 0.29) is 11.8 Å². The van der Waals surface area contributed by atoms with Crippen molar-refractivity contribution >= 4 is 5.91 Å². The van der Waals surface area contributed by atoms with E-state index in [1.807, 2.05) is 42.2 Å². The third-order valence-corrected chi connectivity index (χ3v) is 3.90. The van der Waals surface area contributed by atoms with Gasteiger partial charge in [0.15, 0.2) is 0 Å². The number of nitrogens with zero attached hydrogens (tertiary/aromatic N) is 1. The second kappa shape index (κ2) is 6.71. The van der Waals surface area contributed by atoms with Crippen LogP contribution < -0.4 is 5.32 Å². The average molecular weight is 260 g/mol. The Balaban J connectivity index is 1.99. The summed E-state index contributed by atoms with van der Waals surface area (Å²) in [7, 11) is 0. The molecule has 2 rings (SSSR count). The average Bonchev–Trinajstić information content (AvgIpc) is 2.47. The number of piperidine rings is 1. The van der Waals surface area contributed by atoms with Gasteiger partial charge < -0.3 is 10.2 Å². The maximum atomic E-state index is 12.5. The molecule has 1 heterocycles. The summed E-state index contributed by atoms with van der Waals surface area (Å²) in [4.78, 5) is 14.6. The Morgan fingerprint density at radius 2 is 2.16 bits per heavy atom. The predicted molar refractivity (Wildman–Crippen MR) is 78.1 cm³/mol. The molecule has 1 fully saturated rings. The number of carbonyl (C=O) groups is 1. The molecule has 2 atom stereocenters. The standard InChI is InChI=1S/C16H24N2O/c1-3-17-15-10-7-11-18(12-15)16(19)13(2)14-8-5-4-6-9-14/h4-6,8-9,13,15,17H,3,7,10-12H2,1-2H3. The molecule has 0 bridgehead atoms. The third kappa shape index (κ3) is 3.57.